The van der Waals surface area contributed by atoms with Gasteiger partial charge in [0.05, 0.1) is 13.1 Å². The molecule has 0 unspecified atom stereocenters. The number of rotatable bonds is 6. The third-order valence-corrected chi connectivity index (χ3v) is 4.26. The van der Waals surface area contributed by atoms with Crippen molar-refractivity contribution < 1.29 is 8.83 Å². The maximum Gasteiger partial charge on any atom is 0.247 e. The minimum atomic E-state index is 0.330. The van der Waals surface area contributed by atoms with Gasteiger partial charge < -0.3 is 8.83 Å². The summed E-state index contributed by atoms with van der Waals surface area (Å²) < 4.78 is 12.5. The lowest BCUT2D eigenvalue weighted by molar-refractivity contribution is 0.170. The summed E-state index contributed by atoms with van der Waals surface area (Å²) in [6.45, 7) is 7.52. The van der Waals surface area contributed by atoms with E-state index in [2.05, 4.69) is 44.9 Å². The van der Waals surface area contributed by atoms with Gasteiger partial charge in [0.25, 0.3) is 0 Å². The number of hydrogen-bond donors (Lipinski definition) is 0. The van der Waals surface area contributed by atoms with E-state index in [9.17, 15) is 0 Å². The van der Waals surface area contributed by atoms with Crippen LogP contribution in [0, 0.1) is 6.92 Å². The smallest absolute Gasteiger partial charge is 0.247 e. The topological polar surface area (TPSA) is 55.3 Å². The molecule has 0 N–H and O–H groups in total. The van der Waals surface area contributed by atoms with Crippen molar-refractivity contribution in [3.8, 4) is 11.5 Å². The molecule has 0 spiro atoms. The van der Waals surface area contributed by atoms with Crippen molar-refractivity contribution in [1.29, 1.82) is 0 Å². The Bertz CT molecular complexity index is 810. The first-order valence-corrected chi connectivity index (χ1v) is 8.68. The van der Waals surface area contributed by atoms with Gasteiger partial charge in [-0.2, -0.15) is 0 Å². The second-order valence-electron chi connectivity index (χ2n) is 6.02. The first-order chi connectivity index (χ1) is 11.5. The molecule has 6 heteroatoms. The second-order valence-corrected chi connectivity index (χ2v) is 6.94. The van der Waals surface area contributed by atoms with Gasteiger partial charge in [0.15, 0.2) is 0 Å². The minimum absolute atomic E-state index is 0.330. The predicted molar refractivity (Wildman–Crippen MR) is 95.3 cm³/mol. The molecule has 3 aromatic rings. The van der Waals surface area contributed by atoms with Crippen LogP contribution in [0.5, 0.6) is 0 Å². The molecule has 0 aliphatic rings. The lowest BCUT2D eigenvalue weighted by Gasteiger charge is -2.23. The van der Waals surface area contributed by atoms with Crippen LogP contribution in [-0.4, -0.2) is 21.1 Å². The highest BCUT2D eigenvalue weighted by atomic mass is 79.9. The van der Waals surface area contributed by atoms with Crippen molar-refractivity contribution in [1.82, 2.24) is 15.1 Å². The molecule has 0 saturated carbocycles. The van der Waals surface area contributed by atoms with Crippen molar-refractivity contribution in [3.63, 3.8) is 0 Å². The predicted octanol–water partition coefficient (Wildman–Crippen LogP) is 4.81. The second kappa shape index (κ2) is 7.32. The van der Waals surface area contributed by atoms with Gasteiger partial charge in [-0.05, 0) is 51.1 Å². The van der Waals surface area contributed by atoms with E-state index >= 15 is 0 Å². The van der Waals surface area contributed by atoms with Crippen LogP contribution in [0.1, 0.15) is 31.3 Å². The van der Waals surface area contributed by atoms with Crippen molar-refractivity contribution in [3.05, 3.63) is 58.3 Å². The van der Waals surface area contributed by atoms with Gasteiger partial charge in [0, 0.05) is 16.1 Å². The van der Waals surface area contributed by atoms with Crippen molar-refractivity contribution in [2.24, 2.45) is 0 Å². The number of aromatic nitrogens is 2. The van der Waals surface area contributed by atoms with E-state index in [-0.39, 0.29) is 0 Å². The van der Waals surface area contributed by atoms with Crippen LogP contribution in [0.3, 0.4) is 0 Å². The van der Waals surface area contributed by atoms with Crippen LogP contribution in [0.15, 0.2) is 49.7 Å². The molecule has 0 radical (unpaired) electrons. The fourth-order valence-corrected chi connectivity index (χ4v) is 2.82. The molecular weight excluding hydrogens is 370 g/mol. The van der Waals surface area contributed by atoms with Crippen molar-refractivity contribution in [2.75, 3.05) is 0 Å². The molecule has 24 heavy (non-hydrogen) atoms. The number of hydrogen-bond acceptors (Lipinski definition) is 5. The molecule has 3 rings (SSSR count). The Morgan fingerprint density at radius 3 is 2.58 bits per heavy atom. The summed E-state index contributed by atoms with van der Waals surface area (Å²) in [5.74, 6) is 2.99. The molecule has 2 heterocycles. The molecule has 0 atom stereocenters. The Balaban J connectivity index is 1.73. The van der Waals surface area contributed by atoms with Gasteiger partial charge in [-0.3, -0.25) is 4.90 Å². The van der Waals surface area contributed by atoms with Gasteiger partial charge in [-0.15, -0.1) is 10.2 Å². The third kappa shape index (κ3) is 4.13. The highest BCUT2D eigenvalue weighted by molar-refractivity contribution is 9.10. The van der Waals surface area contributed by atoms with Crippen LogP contribution >= 0.6 is 15.9 Å². The van der Waals surface area contributed by atoms with E-state index in [4.69, 9.17) is 8.83 Å². The summed E-state index contributed by atoms with van der Waals surface area (Å²) in [5, 5.41) is 8.35. The molecule has 126 valence electrons. The van der Waals surface area contributed by atoms with E-state index in [1.54, 1.807) is 0 Å². The lowest BCUT2D eigenvalue weighted by Crippen LogP contribution is -2.29. The van der Waals surface area contributed by atoms with Gasteiger partial charge in [0.1, 0.15) is 11.5 Å². The fraction of sp³-hybridized carbons (Fsp3) is 0.333. The zero-order valence-corrected chi connectivity index (χ0v) is 15.6. The van der Waals surface area contributed by atoms with Crippen LogP contribution in [0.25, 0.3) is 11.5 Å². The number of furan rings is 1. The normalized spacial score (nSPS) is 11.6. The van der Waals surface area contributed by atoms with E-state index in [1.165, 1.54) is 0 Å². The molecule has 0 saturated heterocycles. The van der Waals surface area contributed by atoms with Crippen molar-refractivity contribution in [2.45, 2.75) is 39.9 Å². The van der Waals surface area contributed by atoms with Crippen LogP contribution in [-0.2, 0) is 13.1 Å². The molecule has 0 fully saturated rings. The summed E-state index contributed by atoms with van der Waals surface area (Å²) in [5.41, 5.74) is 0.904. The highest BCUT2D eigenvalue weighted by Crippen LogP contribution is 2.23. The largest absolute Gasteiger partial charge is 0.465 e. The van der Waals surface area contributed by atoms with Crippen LogP contribution < -0.4 is 0 Å². The van der Waals surface area contributed by atoms with Crippen LogP contribution in [0.4, 0.5) is 0 Å². The third-order valence-electron chi connectivity index (χ3n) is 3.76. The Morgan fingerprint density at radius 2 is 1.92 bits per heavy atom. The Hall–Kier alpha value is -1.92. The van der Waals surface area contributed by atoms with Gasteiger partial charge in [-0.1, -0.05) is 22.0 Å². The van der Waals surface area contributed by atoms with E-state index in [1.807, 2.05) is 43.3 Å². The van der Waals surface area contributed by atoms with Crippen LogP contribution in [0.2, 0.25) is 0 Å². The first-order valence-electron chi connectivity index (χ1n) is 7.89. The number of nitrogens with zero attached hydrogens (tertiary/aromatic N) is 3. The zero-order valence-electron chi connectivity index (χ0n) is 14.0. The molecule has 2 aromatic heterocycles. The summed E-state index contributed by atoms with van der Waals surface area (Å²) >= 11 is 3.46. The summed E-state index contributed by atoms with van der Waals surface area (Å²) in [6.07, 6.45) is 0. The zero-order chi connectivity index (χ0) is 17.1. The molecule has 5 nitrogen and oxygen atoms in total. The van der Waals surface area contributed by atoms with E-state index < -0.39 is 0 Å². The maximum absolute atomic E-state index is 5.83. The highest BCUT2D eigenvalue weighted by Gasteiger charge is 2.17. The molecular formula is C18H20BrN3O2. The summed E-state index contributed by atoms with van der Waals surface area (Å²) in [4.78, 5) is 2.23. The SMILES string of the molecule is Cc1ccc(CN(Cc2nnc(-c3cccc(Br)c3)o2)C(C)C)o1. The van der Waals surface area contributed by atoms with E-state index in [0.29, 0.717) is 30.9 Å². The number of halogens is 1. The number of aryl methyl sites for hydroxylation is 1. The standard InChI is InChI=1S/C18H20BrN3O2/c1-12(2)22(10-16-8-7-13(3)23-16)11-17-20-21-18(24-17)14-5-4-6-15(19)9-14/h4-9,12H,10-11H2,1-3H3. The fourth-order valence-electron chi connectivity index (χ4n) is 2.42. The quantitative estimate of drug-likeness (QED) is 0.605. The number of benzene rings is 1. The lowest BCUT2D eigenvalue weighted by atomic mass is 10.2. The first kappa shape index (κ1) is 16.9. The monoisotopic (exact) mass is 389 g/mol. The molecule has 0 aliphatic carbocycles. The summed E-state index contributed by atoms with van der Waals surface area (Å²) in [7, 11) is 0. The van der Waals surface area contributed by atoms with Gasteiger partial charge in [-0.25, -0.2) is 0 Å². The Labute approximate surface area is 149 Å². The maximum atomic E-state index is 5.83. The Kier molecular flexibility index (Phi) is 5.16. The minimum Gasteiger partial charge on any atom is -0.465 e. The Morgan fingerprint density at radius 1 is 1.08 bits per heavy atom. The average Bonchev–Trinajstić information content (AvgIpc) is 3.16. The molecule has 0 bridgehead atoms. The molecule has 1 aromatic carbocycles. The molecule has 0 aliphatic heterocycles. The van der Waals surface area contributed by atoms with Crippen molar-refractivity contribution >= 4 is 15.9 Å². The van der Waals surface area contributed by atoms with Gasteiger partial charge in [0.2, 0.25) is 11.8 Å². The average molecular weight is 390 g/mol. The van der Waals surface area contributed by atoms with E-state index in [0.717, 1.165) is 21.6 Å². The summed E-state index contributed by atoms with van der Waals surface area (Å²) in [6, 6.07) is 12.1. The van der Waals surface area contributed by atoms with Gasteiger partial charge >= 0.3 is 0 Å². The molecule has 0 amide bonds.